The van der Waals surface area contributed by atoms with Gasteiger partial charge in [-0.25, -0.2) is 4.79 Å². The highest BCUT2D eigenvalue weighted by Gasteiger charge is 2.24. The zero-order valence-electron chi connectivity index (χ0n) is 18.5. The lowest BCUT2D eigenvalue weighted by molar-refractivity contribution is 0.0130. The van der Waals surface area contributed by atoms with Crippen LogP contribution >= 0.6 is 15.9 Å². The number of carbonyl (C=O) groups is 1. The van der Waals surface area contributed by atoms with Crippen molar-refractivity contribution in [3.63, 3.8) is 0 Å². The Hall–Kier alpha value is -3.32. The number of rotatable bonds is 8. The van der Waals surface area contributed by atoms with Crippen molar-refractivity contribution in [2.24, 2.45) is 4.99 Å². The van der Waals surface area contributed by atoms with Gasteiger partial charge in [0.1, 0.15) is 23.9 Å². The first kappa shape index (κ1) is 22.9. The first-order chi connectivity index (χ1) is 16.0. The Labute approximate surface area is 201 Å². The lowest BCUT2D eigenvalue weighted by Crippen LogP contribution is -2.39. The van der Waals surface area contributed by atoms with Crippen molar-refractivity contribution in [1.29, 1.82) is 0 Å². The van der Waals surface area contributed by atoms with Crippen LogP contribution in [0.25, 0.3) is 0 Å². The standard InChI is InChI=1S/C26H25BrN2O4/c1-29(25-24-6-4-3-5-19(24)15-28-25)16-23(17-32-22-13-11-21(31-2)12-14-22)33-26(30)18-7-9-20(27)10-8-18/h3-14,23H,15-17H2,1-2H3. The van der Waals surface area contributed by atoms with Crippen molar-refractivity contribution >= 4 is 27.7 Å². The third-order valence-corrected chi connectivity index (χ3v) is 5.87. The second-order valence-electron chi connectivity index (χ2n) is 7.70. The summed E-state index contributed by atoms with van der Waals surface area (Å²) in [6.07, 6.45) is -0.510. The summed E-state index contributed by atoms with van der Waals surface area (Å²) in [5.41, 5.74) is 2.78. The van der Waals surface area contributed by atoms with Gasteiger partial charge in [-0.2, -0.15) is 0 Å². The van der Waals surface area contributed by atoms with Gasteiger partial charge in [0.15, 0.2) is 6.10 Å². The number of fused-ring (bicyclic) bond motifs is 1. The van der Waals surface area contributed by atoms with E-state index in [9.17, 15) is 4.79 Å². The number of hydrogen-bond donors (Lipinski definition) is 0. The van der Waals surface area contributed by atoms with E-state index in [1.807, 2.05) is 60.5 Å². The molecule has 0 N–H and O–H groups in total. The van der Waals surface area contributed by atoms with Gasteiger partial charge in [-0.15, -0.1) is 0 Å². The number of ether oxygens (including phenoxy) is 3. The first-order valence-electron chi connectivity index (χ1n) is 10.6. The largest absolute Gasteiger partial charge is 0.497 e. The Morgan fingerprint density at radius 2 is 1.73 bits per heavy atom. The van der Waals surface area contributed by atoms with Crippen LogP contribution in [-0.2, 0) is 11.3 Å². The number of nitrogens with zero attached hydrogens (tertiary/aromatic N) is 2. The van der Waals surface area contributed by atoms with Crippen molar-refractivity contribution in [2.75, 3.05) is 27.3 Å². The Morgan fingerprint density at radius 3 is 2.45 bits per heavy atom. The Kier molecular flexibility index (Phi) is 7.29. The van der Waals surface area contributed by atoms with E-state index < -0.39 is 12.1 Å². The highest BCUT2D eigenvalue weighted by molar-refractivity contribution is 9.10. The van der Waals surface area contributed by atoms with Gasteiger partial charge in [0, 0.05) is 17.1 Å². The smallest absolute Gasteiger partial charge is 0.338 e. The lowest BCUT2D eigenvalue weighted by Gasteiger charge is -2.26. The lowest BCUT2D eigenvalue weighted by atomic mass is 10.1. The normalized spacial score (nSPS) is 13.0. The number of hydrogen-bond acceptors (Lipinski definition) is 6. The molecule has 33 heavy (non-hydrogen) atoms. The van der Waals surface area contributed by atoms with Crippen LogP contribution in [0.3, 0.4) is 0 Å². The number of esters is 1. The fourth-order valence-corrected chi connectivity index (χ4v) is 3.89. The SMILES string of the molecule is COc1ccc(OCC(CN(C)C2=NCc3ccccc32)OC(=O)c2ccc(Br)cc2)cc1. The molecule has 3 aromatic rings. The molecule has 3 aromatic carbocycles. The maximum absolute atomic E-state index is 12.8. The number of benzene rings is 3. The van der Waals surface area contributed by atoms with Crippen LogP contribution in [0, 0.1) is 0 Å². The zero-order valence-corrected chi connectivity index (χ0v) is 20.1. The maximum Gasteiger partial charge on any atom is 0.338 e. The van der Waals surface area contributed by atoms with Gasteiger partial charge < -0.3 is 19.1 Å². The maximum atomic E-state index is 12.8. The molecule has 4 rings (SSSR count). The second kappa shape index (κ2) is 10.5. The molecular formula is C26H25BrN2O4. The molecule has 0 spiro atoms. The van der Waals surface area contributed by atoms with Crippen molar-refractivity contribution in [3.8, 4) is 11.5 Å². The summed E-state index contributed by atoms with van der Waals surface area (Å²) >= 11 is 3.39. The van der Waals surface area contributed by atoms with Gasteiger partial charge in [-0.3, -0.25) is 4.99 Å². The summed E-state index contributed by atoms with van der Waals surface area (Å²) in [6, 6.07) is 22.6. The Balaban J connectivity index is 1.47. The van der Waals surface area contributed by atoms with E-state index in [2.05, 4.69) is 33.1 Å². The minimum Gasteiger partial charge on any atom is -0.497 e. The van der Waals surface area contributed by atoms with Crippen LogP contribution < -0.4 is 9.47 Å². The van der Waals surface area contributed by atoms with Crippen LogP contribution in [0.5, 0.6) is 11.5 Å². The van der Waals surface area contributed by atoms with E-state index in [1.54, 1.807) is 19.2 Å². The molecule has 1 aliphatic rings. The predicted octanol–water partition coefficient (Wildman–Crippen LogP) is 4.95. The molecule has 0 amide bonds. The fraction of sp³-hybridized carbons (Fsp3) is 0.231. The molecule has 1 atom stereocenters. The minimum absolute atomic E-state index is 0.202. The second-order valence-corrected chi connectivity index (χ2v) is 8.61. The molecular weight excluding hydrogens is 484 g/mol. The molecule has 0 radical (unpaired) electrons. The molecule has 1 unspecified atom stereocenters. The van der Waals surface area contributed by atoms with E-state index in [0.29, 0.717) is 24.4 Å². The van der Waals surface area contributed by atoms with Crippen LogP contribution in [0.2, 0.25) is 0 Å². The number of halogens is 1. The molecule has 6 nitrogen and oxygen atoms in total. The average Bonchev–Trinajstić information content (AvgIpc) is 3.27. The van der Waals surface area contributed by atoms with Crippen molar-refractivity contribution in [2.45, 2.75) is 12.6 Å². The van der Waals surface area contributed by atoms with Crippen LogP contribution in [0.15, 0.2) is 82.3 Å². The van der Waals surface area contributed by atoms with Gasteiger partial charge >= 0.3 is 5.97 Å². The van der Waals surface area contributed by atoms with Crippen molar-refractivity contribution < 1.29 is 19.0 Å². The third-order valence-electron chi connectivity index (χ3n) is 5.35. The summed E-state index contributed by atoms with van der Waals surface area (Å²) < 4.78 is 17.9. The van der Waals surface area contributed by atoms with Gasteiger partial charge in [-0.05, 0) is 54.1 Å². The van der Waals surface area contributed by atoms with Crippen molar-refractivity contribution in [1.82, 2.24) is 4.90 Å². The predicted molar refractivity (Wildman–Crippen MR) is 131 cm³/mol. The zero-order chi connectivity index (χ0) is 23.2. The molecule has 0 saturated heterocycles. The molecule has 1 aliphatic heterocycles. The van der Waals surface area contributed by atoms with Gasteiger partial charge in [0.25, 0.3) is 0 Å². The summed E-state index contributed by atoms with van der Waals surface area (Å²) in [7, 11) is 3.57. The molecule has 0 aromatic heterocycles. The summed E-state index contributed by atoms with van der Waals surface area (Å²) in [6.45, 7) is 1.29. The summed E-state index contributed by atoms with van der Waals surface area (Å²) in [4.78, 5) is 19.5. The molecule has 170 valence electrons. The van der Waals surface area contributed by atoms with Crippen LogP contribution in [0.1, 0.15) is 21.5 Å². The number of likely N-dealkylation sites (N-methyl/N-ethyl adjacent to an activating group) is 1. The molecule has 0 fully saturated rings. The Morgan fingerprint density at radius 1 is 1.03 bits per heavy atom. The quantitative estimate of drug-likeness (QED) is 0.402. The minimum atomic E-state index is -0.510. The topological polar surface area (TPSA) is 60.4 Å². The summed E-state index contributed by atoms with van der Waals surface area (Å²) in [5, 5.41) is 0. The van der Waals surface area contributed by atoms with E-state index in [4.69, 9.17) is 14.2 Å². The van der Waals surface area contributed by atoms with Crippen molar-refractivity contribution in [3.05, 3.63) is 94.0 Å². The van der Waals surface area contributed by atoms with Gasteiger partial charge in [-0.1, -0.05) is 40.2 Å². The third kappa shape index (κ3) is 5.73. The van der Waals surface area contributed by atoms with E-state index in [0.717, 1.165) is 21.6 Å². The molecule has 0 aliphatic carbocycles. The number of methoxy groups -OCH3 is 1. The van der Waals surface area contributed by atoms with Crippen LogP contribution in [0.4, 0.5) is 0 Å². The highest BCUT2D eigenvalue weighted by Crippen LogP contribution is 2.21. The van der Waals surface area contributed by atoms with E-state index >= 15 is 0 Å². The number of carbonyl (C=O) groups excluding carboxylic acids is 1. The fourth-order valence-electron chi connectivity index (χ4n) is 3.63. The average molecular weight is 509 g/mol. The van der Waals surface area contributed by atoms with E-state index in [1.165, 1.54) is 5.56 Å². The number of amidine groups is 1. The molecule has 1 heterocycles. The van der Waals surface area contributed by atoms with Gasteiger partial charge in [0.2, 0.25) is 0 Å². The molecule has 0 bridgehead atoms. The molecule has 7 heteroatoms. The first-order valence-corrected chi connectivity index (χ1v) is 11.4. The Bertz CT molecular complexity index is 1130. The van der Waals surface area contributed by atoms with Gasteiger partial charge in [0.05, 0.1) is 25.8 Å². The highest BCUT2D eigenvalue weighted by atomic mass is 79.9. The molecule has 0 saturated carbocycles. The number of aliphatic imine (C=N–C) groups is 1. The monoisotopic (exact) mass is 508 g/mol. The van der Waals surface area contributed by atoms with Crippen LogP contribution in [-0.4, -0.2) is 50.1 Å². The van der Waals surface area contributed by atoms with E-state index in [-0.39, 0.29) is 6.61 Å². The summed E-state index contributed by atoms with van der Waals surface area (Å²) in [5.74, 6) is 1.91.